The number of nitrogens with one attached hydrogen (secondary N) is 1. The molecule has 1 aliphatic rings. The number of hydrogen-bond acceptors (Lipinski definition) is 5. The van der Waals surface area contributed by atoms with E-state index in [4.69, 9.17) is 0 Å². The van der Waals surface area contributed by atoms with E-state index in [0.717, 1.165) is 11.4 Å². The van der Waals surface area contributed by atoms with Crippen LogP contribution < -0.4 is 5.32 Å². The molecule has 0 aliphatic carbocycles. The average Bonchev–Trinajstić information content (AvgIpc) is 3.14. The smallest absolute Gasteiger partial charge is 0.323 e. The summed E-state index contributed by atoms with van der Waals surface area (Å²) in [6.07, 6.45) is 1.97. The highest BCUT2D eigenvalue weighted by molar-refractivity contribution is 5.89. The second-order valence-corrected chi connectivity index (χ2v) is 6.55. The highest BCUT2D eigenvalue weighted by Crippen LogP contribution is 2.30. The maximum Gasteiger partial charge on any atom is 0.323 e. The summed E-state index contributed by atoms with van der Waals surface area (Å²) in [5.74, 6) is -0.0926. The van der Waals surface area contributed by atoms with Crippen molar-refractivity contribution in [3.05, 3.63) is 29.7 Å². The van der Waals surface area contributed by atoms with Gasteiger partial charge in [0.1, 0.15) is 5.82 Å². The number of amides is 2. The zero-order chi connectivity index (χ0) is 18.2. The molecule has 25 heavy (non-hydrogen) atoms. The molecule has 2 aromatic rings. The summed E-state index contributed by atoms with van der Waals surface area (Å²) in [5, 5.41) is 16.2. The van der Waals surface area contributed by atoms with E-state index in [-0.39, 0.29) is 12.6 Å². The monoisotopic (exact) mass is 344 g/mol. The predicted molar refractivity (Wildman–Crippen MR) is 89.6 cm³/mol. The van der Waals surface area contributed by atoms with E-state index in [9.17, 15) is 14.7 Å². The number of anilines is 1. The second-order valence-electron chi connectivity index (χ2n) is 6.55. The number of aliphatic carboxylic acids is 1. The number of rotatable bonds is 3. The molecule has 2 amide bonds. The molecule has 0 aromatic carbocycles. The number of likely N-dealkylation sites (tertiary alicyclic amines) is 1. The lowest BCUT2D eigenvalue weighted by molar-refractivity contribution is -0.146. The Balaban J connectivity index is 1.78. The van der Waals surface area contributed by atoms with E-state index in [0.29, 0.717) is 24.7 Å². The molecular weight excluding hydrogens is 324 g/mol. The quantitative estimate of drug-likeness (QED) is 0.874. The first-order chi connectivity index (χ1) is 11.8. The van der Waals surface area contributed by atoms with Crippen molar-refractivity contribution in [3.8, 4) is 5.95 Å². The Morgan fingerprint density at radius 3 is 2.56 bits per heavy atom. The van der Waals surface area contributed by atoms with Gasteiger partial charge in [-0.3, -0.25) is 10.1 Å². The molecule has 9 heteroatoms. The van der Waals surface area contributed by atoms with Gasteiger partial charge in [-0.25, -0.2) is 14.8 Å². The normalized spacial score (nSPS) is 19.9. The Labute approximate surface area is 144 Å². The summed E-state index contributed by atoms with van der Waals surface area (Å²) in [6.45, 7) is 5.93. The number of urea groups is 1. The van der Waals surface area contributed by atoms with Crippen LogP contribution in [0.25, 0.3) is 5.95 Å². The summed E-state index contributed by atoms with van der Waals surface area (Å²) >= 11 is 0. The molecule has 0 bridgehead atoms. The van der Waals surface area contributed by atoms with E-state index in [1.54, 1.807) is 19.2 Å². The van der Waals surface area contributed by atoms with Crippen LogP contribution in [-0.4, -0.2) is 54.8 Å². The van der Waals surface area contributed by atoms with Crippen molar-refractivity contribution in [2.75, 3.05) is 18.4 Å². The molecule has 0 saturated carbocycles. The second kappa shape index (κ2) is 6.15. The Bertz CT molecular complexity index is 813. The Kier molecular flexibility index (Phi) is 4.15. The van der Waals surface area contributed by atoms with Crippen LogP contribution in [0.15, 0.2) is 18.3 Å². The van der Waals surface area contributed by atoms with Crippen LogP contribution in [0, 0.1) is 19.3 Å². The molecule has 1 saturated heterocycles. The zero-order valence-electron chi connectivity index (χ0n) is 14.4. The minimum absolute atomic E-state index is 0.169. The van der Waals surface area contributed by atoms with Gasteiger partial charge in [-0.1, -0.05) is 0 Å². The largest absolute Gasteiger partial charge is 0.481 e. The number of aryl methyl sites for hydroxylation is 2. The van der Waals surface area contributed by atoms with Crippen molar-refractivity contribution >= 4 is 17.8 Å². The van der Waals surface area contributed by atoms with Crippen molar-refractivity contribution in [3.63, 3.8) is 0 Å². The van der Waals surface area contributed by atoms with Crippen LogP contribution in [-0.2, 0) is 4.79 Å². The number of aromatic nitrogens is 4. The first-order valence-corrected chi connectivity index (χ1v) is 7.94. The summed E-state index contributed by atoms with van der Waals surface area (Å²) in [4.78, 5) is 34.0. The van der Waals surface area contributed by atoms with Gasteiger partial charge in [-0.2, -0.15) is 9.78 Å². The molecule has 0 unspecified atom stereocenters. The first-order valence-electron chi connectivity index (χ1n) is 7.94. The predicted octanol–water partition coefficient (Wildman–Crippen LogP) is 1.61. The van der Waals surface area contributed by atoms with E-state index in [1.165, 1.54) is 9.58 Å². The van der Waals surface area contributed by atoms with Crippen molar-refractivity contribution in [1.82, 2.24) is 24.6 Å². The lowest BCUT2D eigenvalue weighted by Crippen LogP contribution is -2.37. The van der Waals surface area contributed by atoms with E-state index in [1.807, 2.05) is 19.9 Å². The number of nitrogens with zero attached hydrogens (tertiary/aromatic N) is 5. The van der Waals surface area contributed by atoms with Crippen molar-refractivity contribution in [2.24, 2.45) is 5.41 Å². The van der Waals surface area contributed by atoms with Gasteiger partial charge in [0.15, 0.2) is 0 Å². The average molecular weight is 344 g/mol. The number of carbonyl (C=O) groups excluding carboxylic acids is 1. The molecule has 1 atom stereocenters. The number of hydrogen-bond donors (Lipinski definition) is 2. The van der Waals surface area contributed by atoms with Crippen LogP contribution in [0.1, 0.15) is 24.7 Å². The van der Waals surface area contributed by atoms with Crippen LogP contribution in [0.3, 0.4) is 0 Å². The lowest BCUT2D eigenvalue weighted by Gasteiger charge is -2.20. The van der Waals surface area contributed by atoms with Gasteiger partial charge in [0.2, 0.25) is 0 Å². The van der Waals surface area contributed by atoms with E-state index in [2.05, 4.69) is 20.4 Å². The van der Waals surface area contributed by atoms with Crippen molar-refractivity contribution in [1.29, 1.82) is 0 Å². The summed E-state index contributed by atoms with van der Waals surface area (Å²) < 4.78 is 1.45. The molecule has 2 aromatic heterocycles. The third-order valence-electron chi connectivity index (χ3n) is 4.31. The number of carboxylic acids is 1. The molecule has 132 valence electrons. The van der Waals surface area contributed by atoms with Gasteiger partial charge in [-0.05, 0) is 33.3 Å². The van der Waals surface area contributed by atoms with Gasteiger partial charge in [-0.15, -0.1) is 0 Å². The Morgan fingerprint density at radius 2 is 1.96 bits per heavy atom. The lowest BCUT2D eigenvalue weighted by atomic mass is 9.90. The molecule has 1 aliphatic heterocycles. The topological polar surface area (TPSA) is 113 Å². The van der Waals surface area contributed by atoms with E-state index >= 15 is 0 Å². The molecule has 2 N–H and O–H groups in total. The van der Waals surface area contributed by atoms with Gasteiger partial charge >= 0.3 is 12.0 Å². The first kappa shape index (κ1) is 16.9. The van der Waals surface area contributed by atoms with Crippen LogP contribution in [0.5, 0.6) is 0 Å². The van der Waals surface area contributed by atoms with Gasteiger partial charge < -0.3 is 10.0 Å². The molecule has 0 spiro atoms. The number of carbonyl (C=O) groups is 2. The fourth-order valence-electron chi connectivity index (χ4n) is 2.86. The molecule has 3 heterocycles. The van der Waals surface area contributed by atoms with E-state index < -0.39 is 11.4 Å². The minimum atomic E-state index is -0.908. The molecule has 3 rings (SSSR count). The maximum atomic E-state index is 12.5. The molecular formula is C16H20N6O3. The molecule has 9 nitrogen and oxygen atoms in total. The highest BCUT2D eigenvalue weighted by atomic mass is 16.4. The molecule has 0 radical (unpaired) electrons. The third kappa shape index (κ3) is 3.30. The summed E-state index contributed by atoms with van der Waals surface area (Å²) in [6, 6.07) is 3.13. The number of carboxylic acid groups (broad SMARTS) is 1. The summed E-state index contributed by atoms with van der Waals surface area (Å²) in [7, 11) is 0. The fourth-order valence-corrected chi connectivity index (χ4v) is 2.86. The minimum Gasteiger partial charge on any atom is -0.481 e. The fraction of sp³-hybridized carbons (Fsp3) is 0.438. The Hall–Kier alpha value is -2.97. The van der Waals surface area contributed by atoms with Crippen LogP contribution in [0.4, 0.5) is 10.6 Å². The summed E-state index contributed by atoms with van der Waals surface area (Å²) in [5.41, 5.74) is 0.688. The Morgan fingerprint density at radius 1 is 1.28 bits per heavy atom. The molecule has 1 fully saturated rings. The zero-order valence-corrected chi connectivity index (χ0v) is 14.4. The van der Waals surface area contributed by atoms with Crippen molar-refractivity contribution < 1.29 is 14.7 Å². The van der Waals surface area contributed by atoms with Gasteiger partial charge in [0.25, 0.3) is 5.95 Å². The van der Waals surface area contributed by atoms with Crippen LogP contribution >= 0.6 is 0 Å². The SMILES string of the molecule is Cc1cc(C)nc(-n2nccc2NC(=O)N2CC[C@@](C)(C(=O)O)C2)n1. The van der Waals surface area contributed by atoms with Gasteiger partial charge in [0.05, 0.1) is 11.6 Å². The maximum absolute atomic E-state index is 12.5. The van der Waals surface area contributed by atoms with Crippen molar-refractivity contribution in [2.45, 2.75) is 27.2 Å². The van der Waals surface area contributed by atoms with Crippen LogP contribution in [0.2, 0.25) is 0 Å². The van der Waals surface area contributed by atoms with Gasteiger partial charge in [0, 0.05) is 30.5 Å². The third-order valence-corrected chi connectivity index (χ3v) is 4.31. The highest BCUT2D eigenvalue weighted by Gasteiger charge is 2.42. The standard InChI is InChI=1S/C16H20N6O3/c1-10-8-11(2)19-14(18-10)22-12(4-6-17-22)20-15(25)21-7-5-16(3,9-21)13(23)24/h4,6,8H,5,7,9H2,1-3H3,(H,20,25)(H,23,24)/t16-/m1/s1.